The highest BCUT2D eigenvalue weighted by molar-refractivity contribution is 5.82. The van der Waals surface area contributed by atoms with Gasteiger partial charge in [0.25, 0.3) is 0 Å². The number of carbonyl (C=O) groups is 1. The molecule has 0 spiro atoms. The van der Waals surface area contributed by atoms with Crippen molar-refractivity contribution in [2.75, 3.05) is 31.1 Å². The van der Waals surface area contributed by atoms with Crippen molar-refractivity contribution in [3.8, 4) is 6.19 Å². The van der Waals surface area contributed by atoms with Gasteiger partial charge in [0.2, 0.25) is 0 Å². The summed E-state index contributed by atoms with van der Waals surface area (Å²) >= 11 is 0. The van der Waals surface area contributed by atoms with E-state index >= 15 is 0 Å². The second kappa shape index (κ2) is 6.17. The van der Waals surface area contributed by atoms with Crippen molar-refractivity contribution in [3.63, 3.8) is 0 Å². The van der Waals surface area contributed by atoms with Crippen LogP contribution in [0.25, 0.3) is 0 Å². The van der Waals surface area contributed by atoms with E-state index in [4.69, 9.17) is 5.26 Å². The summed E-state index contributed by atoms with van der Waals surface area (Å²) in [5, 5.41) is 8.87. The molecule has 0 aromatic heterocycles. The van der Waals surface area contributed by atoms with Crippen LogP contribution in [0.5, 0.6) is 0 Å². The van der Waals surface area contributed by atoms with Crippen molar-refractivity contribution in [2.45, 2.75) is 19.3 Å². The molecular weight excluding hydrogens is 262 g/mol. The number of para-hydroxylation sites is 1. The highest BCUT2D eigenvalue weighted by Gasteiger charge is 2.31. The van der Waals surface area contributed by atoms with E-state index in [9.17, 15) is 4.79 Å². The minimum atomic E-state index is 0.168. The Kier molecular flexibility index (Phi) is 4.10. The lowest BCUT2D eigenvalue weighted by Crippen LogP contribution is -2.24. The number of nitrogens with zero attached hydrogens (tertiary/aromatic N) is 3. The summed E-state index contributed by atoms with van der Waals surface area (Å²) in [6, 6.07) is 10.3. The zero-order chi connectivity index (χ0) is 14.7. The van der Waals surface area contributed by atoms with E-state index in [1.807, 2.05) is 18.2 Å². The van der Waals surface area contributed by atoms with Crippen LogP contribution in [-0.4, -0.2) is 36.9 Å². The van der Waals surface area contributed by atoms with Gasteiger partial charge in [-0.15, -0.1) is 0 Å². The van der Waals surface area contributed by atoms with E-state index in [0.29, 0.717) is 18.1 Å². The first-order chi connectivity index (χ1) is 10.3. The number of carbonyl (C=O) groups excluding carboxylic acids is 1. The van der Waals surface area contributed by atoms with Gasteiger partial charge in [-0.25, -0.2) is 0 Å². The predicted octanol–water partition coefficient (Wildman–Crippen LogP) is 2.28. The van der Waals surface area contributed by atoms with Crippen LogP contribution in [-0.2, 0) is 4.79 Å². The molecule has 110 valence electrons. The molecule has 2 aliphatic heterocycles. The molecule has 2 aliphatic rings. The van der Waals surface area contributed by atoms with Gasteiger partial charge in [0, 0.05) is 44.2 Å². The van der Waals surface area contributed by atoms with Crippen molar-refractivity contribution >= 4 is 11.5 Å². The molecule has 4 nitrogen and oxygen atoms in total. The normalized spacial score (nSPS) is 25.1. The van der Waals surface area contributed by atoms with E-state index in [1.54, 1.807) is 4.90 Å². The molecule has 1 aromatic carbocycles. The molecule has 3 rings (SSSR count). The minimum absolute atomic E-state index is 0.168. The second-order valence-electron chi connectivity index (χ2n) is 6.14. The number of ketones is 1. The maximum Gasteiger partial charge on any atom is 0.179 e. The molecule has 2 atom stereocenters. The van der Waals surface area contributed by atoms with Crippen molar-refractivity contribution in [1.29, 1.82) is 5.26 Å². The van der Waals surface area contributed by atoms with Gasteiger partial charge in [0.05, 0.1) is 0 Å². The van der Waals surface area contributed by atoms with Crippen LogP contribution < -0.4 is 4.90 Å². The van der Waals surface area contributed by atoms with Crippen molar-refractivity contribution in [3.05, 3.63) is 30.3 Å². The summed E-state index contributed by atoms with van der Waals surface area (Å²) in [7, 11) is 0. The quantitative estimate of drug-likeness (QED) is 0.795. The standard InChI is InChI=1S/C17H21N3O/c18-13-19-8-6-14(11-19)10-17(21)15-7-9-20(12-15)16-4-2-1-3-5-16/h1-5,14-15H,6-12H2/t14-,15?/m0/s1. The molecular formula is C17H21N3O. The van der Waals surface area contributed by atoms with Gasteiger partial charge in [-0.05, 0) is 30.9 Å². The van der Waals surface area contributed by atoms with Crippen LogP contribution in [0.4, 0.5) is 5.69 Å². The average molecular weight is 283 g/mol. The fourth-order valence-electron chi connectivity index (χ4n) is 3.44. The number of rotatable bonds is 4. The van der Waals surface area contributed by atoms with Gasteiger partial charge in [-0.1, -0.05) is 18.2 Å². The Hall–Kier alpha value is -2.02. The topological polar surface area (TPSA) is 47.3 Å². The SMILES string of the molecule is N#CN1CC[C@@H](CC(=O)C2CCN(c3ccccc3)C2)C1. The summed E-state index contributed by atoms with van der Waals surface area (Å²) in [6.07, 6.45) is 4.76. The molecule has 2 fully saturated rings. The number of hydrogen-bond acceptors (Lipinski definition) is 4. The summed E-state index contributed by atoms with van der Waals surface area (Å²) in [6.45, 7) is 3.39. The average Bonchev–Trinajstić information content (AvgIpc) is 3.17. The van der Waals surface area contributed by atoms with Crippen molar-refractivity contribution in [2.24, 2.45) is 11.8 Å². The van der Waals surface area contributed by atoms with Gasteiger partial charge in [-0.2, -0.15) is 5.26 Å². The Labute approximate surface area is 126 Å². The maximum absolute atomic E-state index is 12.4. The fraction of sp³-hybridized carbons (Fsp3) is 0.529. The molecule has 1 unspecified atom stereocenters. The Balaban J connectivity index is 1.52. The summed E-state index contributed by atoms with van der Waals surface area (Å²) in [4.78, 5) is 16.5. The Morgan fingerprint density at radius 1 is 1.19 bits per heavy atom. The Morgan fingerprint density at radius 2 is 2.00 bits per heavy atom. The van der Waals surface area contributed by atoms with Gasteiger partial charge in [0.15, 0.2) is 6.19 Å². The van der Waals surface area contributed by atoms with E-state index in [-0.39, 0.29) is 5.92 Å². The molecule has 2 heterocycles. The van der Waals surface area contributed by atoms with Crippen LogP contribution in [0.2, 0.25) is 0 Å². The fourth-order valence-corrected chi connectivity index (χ4v) is 3.44. The third-order valence-electron chi connectivity index (χ3n) is 4.68. The molecule has 4 heteroatoms. The molecule has 0 saturated carbocycles. The number of benzene rings is 1. The molecule has 2 saturated heterocycles. The zero-order valence-corrected chi connectivity index (χ0v) is 12.2. The molecule has 21 heavy (non-hydrogen) atoms. The van der Waals surface area contributed by atoms with Crippen LogP contribution in [0.1, 0.15) is 19.3 Å². The minimum Gasteiger partial charge on any atom is -0.371 e. The van der Waals surface area contributed by atoms with Crippen LogP contribution in [0, 0.1) is 23.3 Å². The lowest BCUT2D eigenvalue weighted by atomic mass is 9.93. The van der Waals surface area contributed by atoms with Crippen LogP contribution in [0.3, 0.4) is 0 Å². The summed E-state index contributed by atoms with van der Waals surface area (Å²) < 4.78 is 0. The largest absolute Gasteiger partial charge is 0.371 e. The second-order valence-corrected chi connectivity index (χ2v) is 6.14. The lowest BCUT2D eigenvalue weighted by molar-refractivity contribution is -0.123. The molecule has 1 aromatic rings. The number of nitriles is 1. The van der Waals surface area contributed by atoms with Crippen LogP contribution >= 0.6 is 0 Å². The summed E-state index contributed by atoms with van der Waals surface area (Å²) in [5.41, 5.74) is 1.21. The van der Waals surface area contributed by atoms with E-state index in [1.165, 1.54) is 5.69 Å². The predicted molar refractivity (Wildman–Crippen MR) is 81.7 cm³/mol. The third kappa shape index (κ3) is 3.18. The van der Waals surface area contributed by atoms with E-state index in [2.05, 4.69) is 23.2 Å². The molecule has 0 N–H and O–H groups in total. The molecule has 0 bridgehead atoms. The van der Waals surface area contributed by atoms with Crippen LogP contribution in [0.15, 0.2) is 30.3 Å². The Bertz CT molecular complexity index is 537. The highest BCUT2D eigenvalue weighted by atomic mass is 16.1. The molecule has 0 amide bonds. The van der Waals surface area contributed by atoms with Gasteiger partial charge >= 0.3 is 0 Å². The highest BCUT2D eigenvalue weighted by Crippen LogP contribution is 2.27. The van der Waals surface area contributed by atoms with Crippen molar-refractivity contribution < 1.29 is 4.79 Å². The third-order valence-corrected chi connectivity index (χ3v) is 4.68. The van der Waals surface area contributed by atoms with Gasteiger partial charge in [-0.3, -0.25) is 4.79 Å². The van der Waals surface area contributed by atoms with Crippen molar-refractivity contribution in [1.82, 2.24) is 4.90 Å². The number of Topliss-reactive ketones (excluding diaryl/α,β-unsaturated/α-hetero) is 1. The Morgan fingerprint density at radius 3 is 2.71 bits per heavy atom. The smallest absolute Gasteiger partial charge is 0.179 e. The first kappa shape index (κ1) is 13.9. The molecule has 0 aliphatic carbocycles. The first-order valence-electron chi connectivity index (χ1n) is 7.73. The monoisotopic (exact) mass is 283 g/mol. The number of likely N-dealkylation sites (tertiary alicyclic amines) is 1. The first-order valence-corrected chi connectivity index (χ1v) is 7.73. The number of anilines is 1. The zero-order valence-electron chi connectivity index (χ0n) is 12.2. The van der Waals surface area contributed by atoms with Gasteiger partial charge < -0.3 is 9.80 Å². The number of hydrogen-bond donors (Lipinski definition) is 0. The lowest BCUT2D eigenvalue weighted by Gasteiger charge is -2.18. The maximum atomic E-state index is 12.4. The van der Waals surface area contributed by atoms with Gasteiger partial charge in [0.1, 0.15) is 5.78 Å². The van der Waals surface area contributed by atoms with E-state index < -0.39 is 0 Å². The summed E-state index contributed by atoms with van der Waals surface area (Å²) in [5.74, 6) is 0.933. The molecule has 0 radical (unpaired) electrons. The van der Waals surface area contributed by atoms with E-state index in [0.717, 1.165) is 39.0 Å².